The maximum absolute atomic E-state index is 11.3. The van der Waals surface area contributed by atoms with Gasteiger partial charge in [0.05, 0.1) is 0 Å². The summed E-state index contributed by atoms with van der Waals surface area (Å²) >= 11 is 0. The van der Waals surface area contributed by atoms with E-state index < -0.39 is 0 Å². The molecule has 0 aliphatic carbocycles. The second-order valence-corrected chi connectivity index (χ2v) is 4.31. The molecule has 0 saturated heterocycles. The van der Waals surface area contributed by atoms with E-state index in [9.17, 15) is 9.59 Å². The molecule has 106 valence electrons. The minimum atomic E-state index is -0.190. The largest absolute Gasteiger partial charge is 0.294 e. The number of unbranched alkanes of at least 4 members (excludes halogenated alkanes) is 4. The second kappa shape index (κ2) is 12.3. The van der Waals surface area contributed by atoms with Crippen molar-refractivity contribution in [1.29, 1.82) is 0 Å². The lowest BCUT2D eigenvalue weighted by Crippen LogP contribution is -2.37. The van der Waals surface area contributed by atoms with E-state index >= 15 is 0 Å². The van der Waals surface area contributed by atoms with E-state index in [1.54, 1.807) is 0 Å². The Morgan fingerprint density at radius 2 is 1.61 bits per heavy atom. The molecule has 2 amide bonds. The van der Waals surface area contributed by atoms with E-state index in [-0.39, 0.29) is 11.8 Å². The minimum Gasteiger partial charge on any atom is -0.294 e. The molecule has 0 saturated carbocycles. The van der Waals surface area contributed by atoms with Crippen molar-refractivity contribution in [3.8, 4) is 0 Å². The van der Waals surface area contributed by atoms with Crippen LogP contribution in [-0.2, 0) is 9.59 Å². The van der Waals surface area contributed by atoms with Gasteiger partial charge in [-0.25, -0.2) is 11.3 Å². The molecule has 0 aromatic carbocycles. The molecule has 6 nitrogen and oxygen atoms in total. The van der Waals surface area contributed by atoms with E-state index in [1.807, 2.05) is 0 Å². The van der Waals surface area contributed by atoms with Gasteiger partial charge in [-0.1, -0.05) is 26.2 Å². The molecular formula is C12H26N4O2. The third-order valence-electron chi connectivity index (χ3n) is 2.60. The molecule has 0 aromatic rings. The topological polar surface area (TPSA) is 96.2 Å². The number of hydrazine groups is 2. The maximum Gasteiger partial charge on any atom is 0.234 e. The van der Waals surface area contributed by atoms with Gasteiger partial charge in [0.15, 0.2) is 0 Å². The van der Waals surface area contributed by atoms with Crippen molar-refractivity contribution in [3.05, 3.63) is 0 Å². The lowest BCUT2D eigenvalue weighted by Gasteiger charge is -2.06. The SMILES string of the molecule is CCCCCCNNC(=O)CCCCC(=O)NN. The van der Waals surface area contributed by atoms with Crippen LogP contribution in [0.4, 0.5) is 0 Å². The van der Waals surface area contributed by atoms with Crippen LogP contribution in [0.1, 0.15) is 58.3 Å². The molecule has 0 bridgehead atoms. The molecule has 0 unspecified atom stereocenters. The molecular weight excluding hydrogens is 232 g/mol. The summed E-state index contributed by atoms with van der Waals surface area (Å²) in [4.78, 5) is 22.2. The molecule has 0 aliphatic rings. The van der Waals surface area contributed by atoms with Crippen molar-refractivity contribution in [3.63, 3.8) is 0 Å². The number of amides is 2. The quantitative estimate of drug-likeness (QED) is 0.190. The fraction of sp³-hybridized carbons (Fsp3) is 0.833. The standard InChI is InChI=1S/C12H26N4O2/c1-2-3-4-7-10-14-16-12(18)9-6-5-8-11(17)15-13/h14H,2-10,13H2,1H3,(H,15,17)(H,16,18). The summed E-state index contributed by atoms with van der Waals surface area (Å²) in [5.74, 6) is 4.72. The highest BCUT2D eigenvalue weighted by Crippen LogP contribution is 1.99. The van der Waals surface area contributed by atoms with Gasteiger partial charge in [0.2, 0.25) is 11.8 Å². The summed E-state index contributed by atoms with van der Waals surface area (Å²) in [7, 11) is 0. The molecule has 0 radical (unpaired) electrons. The molecule has 18 heavy (non-hydrogen) atoms. The Morgan fingerprint density at radius 3 is 2.22 bits per heavy atom. The first kappa shape index (κ1) is 16.9. The fourth-order valence-corrected chi connectivity index (χ4v) is 1.51. The summed E-state index contributed by atoms with van der Waals surface area (Å²) in [6.07, 6.45) is 6.87. The Morgan fingerprint density at radius 1 is 0.944 bits per heavy atom. The van der Waals surface area contributed by atoms with Crippen LogP contribution in [0.2, 0.25) is 0 Å². The third kappa shape index (κ3) is 11.3. The highest BCUT2D eigenvalue weighted by Gasteiger charge is 2.02. The predicted molar refractivity (Wildman–Crippen MR) is 71.1 cm³/mol. The Labute approximate surface area is 109 Å². The summed E-state index contributed by atoms with van der Waals surface area (Å²) in [5.41, 5.74) is 7.61. The Kier molecular flexibility index (Phi) is 11.5. The van der Waals surface area contributed by atoms with Gasteiger partial charge in [-0.15, -0.1) is 0 Å². The van der Waals surface area contributed by atoms with Gasteiger partial charge in [-0.3, -0.25) is 20.4 Å². The van der Waals surface area contributed by atoms with E-state index in [4.69, 9.17) is 5.84 Å². The second-order valence-electron chi connectivity index (χ2n) is 4.31. The van der Waals surface area contributed by atoms with Crippen LogP contribution in [-0.4, -0.2) is 18.4 Å². The van der Waals surface area contributed by atoms with Gasteiger partial charge >= 0.3 is 0 Å². The van der Waals surface area contributed by atoms with Crippen molar-refractivity contribution in [2.45, 2.75) is 58.3 Å². The molecule has 0 fully saturated rings. The number of hydrogen-bond acceptors (Lipinski definition) is 4. The van der Waals surface area contributed by atoms with E-state index in [2.05, 4.69) is 23.2 Å². The molecule has 0 aliphatic heterocycles. The van der Waals surface area contributed by atoms with Crippen LogP contribution in [0, 0.1) is 0 Å². The van der Waals surface area contributed by atoms with Crippen LogP contribution < -0.4 is 22.1 Å². The van der Waals surface area contributed by atoms with Gasteiger partial charge < -0.3 is 0 Å². The molecule has 6 heteroatoms. The number of carbonyl (C=O) groups is 2. The fourth-order valence-electron chi connectivity index (χ4n) is 1.51. The van der Waals surface area contributed by atoms with Gasteiger partial charge in [0.1, 0.15) is 0 Å². The molecule has 0 aromatic heterocycles. The molecule has 0 atom stereocenters. The highest BCUT2D eigenvalue weighted by atomic mass is 16.2. The van der Waals surface area contributed by atoms with Crippen LogP contribution >= 0.6 is 0 Å². The lowest BCUT2D eigenvalue weighted by atomic mass is 10.2. The molecule has 0 rings (SSSR count). The number of carbonyl (C=O) groups excluding carboxylic acids is 2. The van der Waals surface area contributed by atoms with Crippen LogP contribution in [0.15, 0.2) is 0 Å². The summed E-state index contributed by atoms with van der Waals surface area (Å²) in [6, 6.07) is 0. The Hall–Kier alpha value is -1.14. The molecule has 0 heterocycles. The van der Waals surface area contributed by atoms with Crippen molar-refractivity contribution in [1.82, 2.24) is 16.3 Å². The number of nitrogens with one attached hydrogen (secondary N) is 3. The smallest absolute Gasteiger partial charge is 0.234 e. The third-order valence-corrected chi connectivity index (χ3v) is 2.60. The molecule has 0 spiro atoms. The van der Waals surface area contributed by atoms with Gasteiger partial charge in [-0.2, -0.15) is 0 Å². The summed E-state index contributed by atoms with van der Waals surface area (Å²) < 4.78 is 0. The lowest BCUT2D eigenvalue weighted by molar-refractivity contribution is -0.123. The summed E-state index contributed by atoms with van der Waals surface area (Å²) in [6.45, 7) is 2.97. The van der Waals surface area contributed by atoms with E-state index in [0.717, 1.165) is 13.0 Å². The maximum atomic E-state index is 11.3. The average Bonchev–Trinajstić information content (AvgIpc) is 2.38. The zero-order valence-electron chi connectivity index (χ0n) is 11.3. The molecule has 5 N–H and O–H groups in total. The normalized spacial score (nSPS) is 10.1. The predicted octanol–water partition coefficient (Wildman–Crippen LogP) is 0.738. The van der Waals surface area contributed by atoms with Crippen LogP contribution in [0.25, 0.3) is 0 Å². The van der Waals surface area contributed by atoms with Gasteiger partial charge in [-0.05, 0) is 19.3 Å². The van der Waals surface area contributed by atoms with Gasteiger partial charge in [0.25, 0.3) is 0 Å². The van der Waals surface area contributed by atoms with E-state index in [1.165, 1.54) is 19.3 Å². The van der Waals surface area contributed by atoms with Crippen molar-refractivity contribution < 1.29 is 9.59 Å². The number of nitrogens with two attached hydrogens (primary N) is 1. The van der Waals surface area contributed by atoms with Crippen LogP contribution in [0.5, 0.6) is 0 Å². The highest BCUT2D eigenvalue weighted by molar-refractivity contribution is 5.76. The average molecular weight is 258 g/mol. The van der Waals surface area contributed by atoms with Gasteiger partial charge in [0, 0.05) is 19.4 Å². The first-order valence-corrected chi connectivity index (χ1v) is 6.71. The summed E-state index contributed by atoms with van der Waals surface area (Å²) in [5, 5.41) is 0. The minimum absolute atomic E-state index is 0.0290. The van der Waals surface area contributed by atoms with Crippen molar-refractivity contribution >= 4 is 11.8 Å². The van der Waals surface area contributed by atoms with E-state index in [0.29, 0.717) is 25.7 Å². The Balaban J connectivity index is 3.25. The zero-order valence-corrected chi connectivity index (χ0v) is 11.3. The van der Waals surface area contributed by atoms with Crippen molar-refractivity contribution in [2.24, 2.45) is 5.84 Å². The number of hydrogen-bond donors (Lipinski definition) is 4. The van der Waals surface area contributed by atoms with Crippen LogP contribution in [0.3, 0.4) is 0 Å². The first-order chi connectivity index (χ1) is 8.70. The number of rotatable bonds is 11. The van der Waals surface area contributed by atoms with Crippen molar-refractivity contribution in [2.75, 3.05) is 6.54 Å². The Bertz CT molecular complexity index is 234. The first-order valence-electron chi connectivity index (χ1n) is 6.71. The zero-order chi connectivity index (χ0) is 13.6. The monoisotopic (exact) mass is 258 g/mol.